The highest BCUT2D eigenvalue weighted by molar-refractivity contribution is 7.94. The van der Waals surface area contributed by atoms with Gasteiger partial charge in [-0.25, -0.2) is 8.42 Å². The summed E-state index contributed by atoms with van der Waals surface area (Å²) in [6.07, 6.45) is 6.70. The SMILES string of the molecule is C.CC1C=CC(S(C)(=O)=O)=CC1C. The van der Waals surface area contributed by atoms with Crippen LogP contribution in [0.25, 0.3) is 0 Å². The fourth-order valence-electron chi connectivity index (χ4n) is 1.14. The molecule has 2 nitrogen and oxygen atoms in total. The summed E-state index contributed by atoms with van der Waals surface area (Å²) in [7, 11) is -3.01. The van der Waals surface area contributed by atoms with Gasteiger partial charge in [-0.05, 0) is 17.9 Å². The molecule has 0 saturated heterocycles. The standard InChI is InChI=1S/C9H14O2S.CH4/c1-7-4-5-9(6-8(7)2)12(3,10)11;/h4-8H,1-3H3;1H4. The molecule has 0 amide bonds. The van der Waals surface area contributed by atoms with Crippen LogP contribution in [0, 0.1) is 11.8 Å². The van der Waals surface area contributed by atoms with E-state index in [9.17, 15) is 8.42 Å². The third-order valence-corrected chi connectivity index (χ3v) is 3.38. The van der Waals surface area contributed by atoms with Crippen molar-refractivity contribution in [1.82, 2.24) is 0 Å². The predicted octanol–water partition coefficient (Wildman–Crippen LogP) is 2.39. The lowest BCUT2D eigenvalue weighted by molar-refractivity contribution is 0.548. The van der Waals surface area contributed by atoms with Gasteiger partial charge in [0.05, 0.1) is 4.91 Å². The highest BCUT2D eigenvalue weighted by Gasteiger charge is 2.17. The number of allylic oxidation sites excluding steroid dienone is 3. The zero-order valence-corrected chi connectivity index (χ0v) is 8.43. The second-order valence-corrected chi connectivity index (χ2v) is 5.43. The summed E-state index contributed by atoms with van der Waals surface area (Å²) in [5.41, 5.74) is 0. The van der Waals surface area contributed by atoms with Gasteiger partial charge in [0, 0.05) is 6.26 Å². The Balaban J connectivity index is 0.00000144. The first-order valence-corrected chi connectivity index (χ1v) is 5.90. The van der Waals surface area contributed by atoms with Gasteiger partial charge in [-0.1, -0.05) is 33.4 Å². The molecule has 1 aliphatic carbocycles. The van der Waals surface area contributed by atoms with Gasteiger partial charge in [0.2, 0.25) is 0 Å². The molecule has 0 aliphatic heterocycles. The molecule has 0 fully saturated rings. The number of hydrogen-bond donors (Lipinski definition) is 0. The van der Waals surface area contributed by atoms with E-state index in [0.29, 0.717) is 16.7 Å². The van der Waals surface area contributed by atoms with Gasteiger partial charge in [-0.3, -0.25) is 0 Å². The first-order chi connectivity index (χ1) is 5.41. The number of rotatable bonds is 1. The van der Waals surface area contributed by atoms with Gasteiger partial charge < -0.3 is 0 Å². The zero-order chi connectivity index (χ0) is 9.35. The van der Waals surface area contributed by atoms with Crippen LogP contribution in [-0.2, 0) is 9.84 Å². The minimum atomic E-state index is -3.01. The van der Waals surface area contributed by atoms with E-state index in [1.54, 1.807) is 6.08 Å². The van der Waals surface area contributed by atoms with Crippen LogP contribution in [-0.4, -0.2) is 14.7 Å². The minimum Gasteiger partial charge on any atom is -0.224 e. The third-order valence-electron chi connectivity index (χ3n) is 2.25. The molecule has 1 rings (SSSR count). The lowest BCUT2D eigenvalue weighted by Gasteiger charge is -2.17. The molecule has 0 heterocycles. The number of sulfone groups is 1. The van der Waals surface area contributed by atoms with Crippen LogP contribution in [0.2, 0.25) is 0 Å². The first kappa shape index (κ1) is 12.4. The van der Waals surface area contributed by atoms with Crippen molar-refractivity contribution >= 4 is 9.84 Å². The quantitative estimate of drug-likeness (QED) is 0.654. The van der Waals surface area contributed by atoms with Crippen LogP contribution in [0.4, 0.5) is 0 Å². The Labute approximate surface area is 81.3 Å². The van der Waals surface area contributed by atoms with E-state index >= 15 is 0 Å². The van der Waals surface area contributed by atoms with Crippen molar-refractivity contribution in [2.24, 2.45) is 11.8 Å². The molecule has 0 saturated carbocycles. The van der Waals surface area contributed by atoms with Crippen LogP contribution in [0.3, 0.4) is 0 Å². The van der Waals surface area contributed by atoms with E-state index in [1.807, 2.05) is 19.1 Å². The second kappa shape index (κ2) is 4.09. The van der Waals surface area contributed by atoms with E-state index in [2.05, 4.69) is 6.92 Å². The molecule has 0 aromatic carbocycles. The normalized spacial score (nSPS) is 27.8. The highest BCUT2D eigenvalue weighted by atomic mass is 32.2. The zero-order valence-electron chi connectivity index (χ0n) is 7.61. The van der Waals surface area contributed by atoms with E-state index in [1.165, 1.54) is 6.26 Å². The average molecular weight is 202 g/mol. The second-order valence-electron chi connectivity index (χ2n) is 3.42. The summed E-state index contributed by atoms with van der Waals surface area (Å²) >= 11 is 0. The van der Waals surface area contributed by atoms with Crippen molar-refractivity contribution in [3.8, 4) is 0 Å². The van der Waals surface area contributed by atoms with Crippen molar-refractivity contribution in [2.75, 3.05) is 6.26 Å². The molecule has 1 aliphatic rings. The molecule has 76 valence electrons. The van der Waals surface area contributed by atoms with Crippen LogP contribution >= 0.6 is 0 Å². The van der Waals surface area contributed by atoms with Crippen LogP contribution in [0.5, 0.6) is 0 Å². The number of hydrogen-bond acceptors (Lipinski definition) is 2. The highest BCUT2D eigenvalue weighted by Crippen LogP contribution is 2.24. The Morgan fingerprint density at radius 1 is 1.23 bits per heavy atom. The fraction of sp³-hybridized carbons (Fsp3) is 0.600. The van der Waals surface area contributed by atoms with Gasteiger partial charge in [-0.15, -0.1) is 0 Å². The molecule has 2 unspecified atom stereocenters. The summed E-state index contributed by atoms with van der Waals surface area (Å²) < 4.78 is 22.2. The summed E-state index contributed by atoms with van der Waals surface area (Å²) in [6, 6.07) is 0. The molecule has 3 heteroatoms. The molecule has 0 bridgehead atoms. The van der Waals surface area contributed by atoms with Crippen molar-refractivity contribution in [1.29, 1.82) is 0 Å². The maximum absolute atomic E-state index is 11.1. The molecule has 0 aromatic heterocycles. The molecule has 0 radical (unpaired) electrons. The van der Waals surface area contributed by atoms with E-state index < -0.39 is 9.84 Å². The monoisotopic (exact) mass is 202 g/mol. The molecular weight excluding hydrogens is 184 g/mol. The van der Waals surface area contributed by atoms with Crippen molar-refractivity contribution in [3.63, 3.8) is 0 Å². The smallest absolute Gasteiger partial charge is 0.175 e. The van der Waals surface area contributed by atoms with E-state index in [0.717, 1.165) is 0 Å². The molecular formula is C10H18O2S. The summed E-state index contributed by atoms with van der Waals surface area (Å²) in [4.78, 5) is 0.452. The molecule has 0 N–H and O–H groups in total. The van der Waals surface area contributed by atoms with Crippen LogP contribution in [0.15, 0.2) is 23.1 Å². The molecule has 0 spiro atoms. The topological polar surface area (TPSA) is 34.1 Å². The van der Waals surface area contributed by atoms with Gasteiger partial charge in [0.15, 0.2) is 9.84 Å². The molecule has 0 aromatic rings. The Morgan fingerprint density at radius 3 is 2.15 bits per heavy atom. The van der Waals surface area contributed by atoms with Crippen molar-refractivity contribution < 1.29 is 8.42 Å². The van der Waals surface area contributed by atoms with Crippen LogP contribution < -0.4 is 0 Å². The van der Waals surface area contributed by atoms with E-state index in [4.69, 9.17) is 0 Å². The first-order valence-electron chi connectivity index (χ1n) is 4.01. The maximum atomic E-state index is 11.1. The third kappa shape index (κ3) is 2.99. The fourth-order valence-corrected chi connectivity index (χ4v) is 1.92. The van der Waals surface area contributed by atoms with Gasteiger partial charge in [0.1, 0.15) is 0 Å². The minimum absolute atomic E-state index is 0. The largest absolute Gasteiger partial charge is 0.224 e. The lowest BCUT2D eigenvalue weighted by atomic mass is 9.92. The summed E-state index contributed by atoms with van der Waals surface area (Å²) in [5.74, 6) is 0.759. The molecule has 13 heavy (non-hydrogen) atoms. The van der Waals surface area contributed by atoms with Gasteiger partial charge in [-0.2, -0.15) is 0 Å². The Hall–Kier alpha value is -0.570. The van der Waals surface area contributed by atoms with Crippen LogP contribution in [0.1, 0.15) is 21.3 Å². The lowest BCUT2D eigenvalue weighted by Crippen LogP contribution is -2.10. The van der Waals surface area contributed by atoms with Crippen molar-refractivity contribution in [3.05, 3.63) is 23.1 Å². The Morgan fingerprint density at radius 2 is 1.77 bits per heavy atom. The van der Waals surface area contributed by atoms with Gasteiger partial charge >= 0.3 is 0 Å². The summed E-state index contributed by atoms with van der Waals surface area (Å²) in [5, 5.41) is 0. The van der Waals surface area contributed by atoms with E-state index in [-0.39, 0.29) is 7.43 Å². The summed E-state index contributed by atoms with van der Waals surface area (Å²) in [6.45, 7) is 4.11. The maximum Gasteiger partial charge on any atom is 0.175 e. The average Bonchev–Trinajstić information content (AvgIpc) is 1.92. The van der Waals surface area contributed by atoms with Gasteiger partial charge in [0.25, 0.3) is 0 Å². The predicted molar refractivity (Wildman–Crippen MR) is 57.1 cm³/mol. The molecule has 2 atom stereocenters. The Bertz CT molecular complexity index is 323. The van der Waals surface area contributed by atoms with Crippen molar-refractivity contribution in [2.45, 2.75) is 21.3 Å². The Kier molecular flexibility index (Phi) is 3.91.